The molecule has 0 saturated carbocycles. The van der Waals surface area contributed by atoms with Crippen LogP contribution in [0.15, 0.2) is 11.5 Å². The maximum Gasteiger partial charge on any atom is 0.172 e. The fourth-order valence-electron chi connectivity index (χ4n) is 2.35. The van der Waals surface area contributed by atoms with Gasteiger partial charge in [-0.1, -0.05) is 11.8 Å². The Hall–Kier alpha value is -1.42. The number of thioether (sulfide) groups is 1. The minimum Gasteiger partial charge on any atom is -0.394 e. The Morgan fingerprint density at radius 2 is 2.35 bits per heavy atom. The molecule has 3 rings (SSSR count). The Balaban J connectivity index is 2.09. The van der Waals surface area contributed by atoms with Crippen molar-refractivity contribution in [3.63, 3.8) is 0 Å². The average Bonchev–Trinajstić information content (AvgIpc) is 2.99. The van der Waals surface area contributed by atoms with Gasteiger partial charge in [0.2, 0.25) is 0 Å². The summed E-state index contributed by atoms with van der Waals surface area (Å²) in [6, 6.07) is 0. The molecule has 20 heavy (non-hydrogen) atoms. The second-order valence-electron chi connectivity index (χ2n) is 4.51. The first-order chi connectivity index (χ1) is 9.65. The largest absolute Gasteiger partial charge is 0.394 e. The molecule has 0 spiro atoms. The van der Waals surface area contributed by atoms with E-state index in [-0.39, 0.29) is 6.61 Å². The van der Waals surface area contributed by atoms with E-state index in [1.807, 2.05) is 6.26 Å². The third-order valence-corrected chi connectivity index (χ3v) is 3.98. The van der Waals surface area contributed by atoms with Gasteiger partial charge in [0.15, 0.2) is 22.1 Å². The van der Waals surface area contributed by atoms with Crippen LogP contribution in [0.25, 0.3) is 11.2 Å². The number of fused-ring (bicyclic) bond motifs is 1. The lowest BCUT2D eigenvalue weighted by atomic mass is 10.2. The molecule has 4 N–H and O–H groups in total. The number of nitrogens with zero attached hydrogens (tertiary/aromatic N) is 4. The van der Waals surface area contributed by atoms with Gasteiger partial charge < -0.3 is 20.7 Å². The molecule has 1 fully saturated rings. The monoisotopic (exact) mass is 297 g/mol. The quantitative estimate of drug-likeness (QED) is 0.665. The van der Waals surface area contributed by atoms with E-state index in [0.717, 1.165) is 0 Å². The molecule has 108 valence electrons. The first kappa shape index (κ1) is 13.6. The van der Waals surface area contributed by atoms with Crippen molar-refractivity contribution in [2.24, 2.45) is 0 Å². The zero-order chi connectivity index (χ0) is 14.3. The van der Waals surface area contributed by atoms with Crippen molar-refractivity contribution in [2.75, 3.05) is 18.6 Å². The topological polar surface area (TPSA) is 119 Å². The number of aromatic nitrogens is 4. The van der Waals surface area contributed by atoms with Crippen molar-refractivity contribution >= 4 is 28.7 Å². The molecule has 0 bridgehead atoms. The molecular formula is C11H15N5O3S. The van der Waals surface area contributed by atoms with Gasteiger partial charge in [0, 0.05) is 6.42 Å². The van der Waals surface area contributed by atoms with Crippen LogP contribution >= 0.6 is 11.8 Å². The Labute approximate surface area is 119 Å². The van der Waals surface area contributed by atoms with Gasteiger partial charge >= 0.3 is 0 Å². The molecule has 1 unspecified atom stereocenters. The molecule has 0 amide bonds. The predicted octanol–water partition coefficient (Wildman–Crippen LogP) is -0.229. The van der Waals surface area contributed by atoms with Gasteiger partial charge in [-0.05, 0) is 6.26 Å². The molecule has 2 aromatic heterocycles. The predicted molar refractivity (Wildman–Crippen MR) is 73.1 cm³/mol. The number of hydrogen-bond acceptors (Lipinski definition) is 8. The Bertz CT molecular complexity index is 634. The van der Waals surface area contributed by atoms with Gasteiger partial charge in [-0.3, -0.25) is 4.57 Å². The zero-order valence-electron chi connectivity index (χ0n) is 10.8. The SMILES string of the molecule is CSc1nc2c(N)ncnc2n1[C@H]1CC(O)[C@@H](CO)O1. The van der Waals surface area contributed by atoms with Gasteiger partial charge in [-0.15, -0.1) is 0 Å². The van der Waals surface area contributed by atoms with Crippen molar-refractivity contribution in [1.82, 2.24) is 19.5 Å². The summed E-state index contributed by atoms with van der Waals surface area (Å²) < 4.78 is 7.45. The van der Waals surface area contributed by atoms with Crippen LogP contribution in [0.2, 0.25) is 0 Å². The molecule has 9 heteroatoms. The van der Waals surface area contributed by atoms with Gasteiger partial charge in [0.05, 0.1) is 12.7 Å². The minimum atomic E-state index is -0.712. The number of nitrogen functional groups attached to an aromatic ring is 1. The number of aliphatic hydroxyl groups is 2. The van der Waals surface area contributed by atoms with Crippen molar-refractivity contribution in [2.45, 2.75) is 30.0 Å². The van der Waals surface area contributed by atoms with E-state index in [9.17, 15) is 10.2 Å². The molecule has 8 nitrogen and oxygen atoms in total. The Morgan fingerprint density at radius 1 is 1.55 bits per heavy atom. The summed E-state index contributed by atoms with van der Waals surface area (Å²) in [7, 11) is 0. The Kier molecular flexibility index (Phi) is 3.50. The number of imidazole rings is 1. The highest BCUT2D eigenvalue weighted by molar-refractivity contribution is 7.98. The van der Waals surface area contributed by atoms with Crippen LogP contribution in [0, 0.1) is 0 Å². The summed E-state index contributed by atoms with van der Waals surface area (Å²) in [4.78, 5) is 12.5. The van der Waals surface area contributed by atoms with Gasteiger partial charge in [0.1, 0.15) is 18.7 Å². The summed E-state index contributed by atoms with van der Waals surface area (Å²) in [5.41, 5.74) is 6.89. The first-order valence-electron chi connectivity index (χ1n) is 6.12. The first-order valence-corrected chi connectivity index (χ1v) is 7.35. The maximum atomic E-state index is 9.87. The Morgan fingerprint density at radius 3 is 3.00 bits per heavy atom. The molecule has 0 aromatic carbocycles. The molecule has 3 atom stereocenters. The van der Waals surface area contributed by atoms with Crippen LogP contribution < -0.4 is 5.73 Å². The lowest BCUT2D eigenvalue weighted by Gasteiger charge is -2.15. The average molecular weight is 297 g/mol. The number of anilines is 1. The summed E-state index contributed by atoms with van der Waals surface area (Å²) in [6.07, 6.45) is 1.89. The summed E-state index contributed by atoms with van der Waals surface area (Å²) in [6.45, 7) is -0.226. The van der Waals surface area contributed by atoms with E-state index < -0.39 is 18.4 Å². The van der Waals surface area contributed by atoms with Crippen molar-refractivity contribution in [3.8, 4) is 0 Å². The lowest BCUT2D eigenvalue weighted by Crippen LogP contribution is -2.24. The van der Waals surface area contributed by atoms with Crippen LogP contribution in [0.5, 0.6) is 0 Å². The summed E-state index contributed by atoms with van der Waals surface area (Å²) in [5.74, 6) is 0.307. The fraction of sp³-hybridized carbons (Fsp3) is 0.545. The highest BCUT2D eigenvalue weighted by Gasteiger charge is 2.36. The van der Waals surface area contributed by atoms with Crippen molar-refractivity contribution < 1.29 is 14.9 Å². The second-order valence-corrected chi connectivity index (χ2v) is 5.29. The fourth-order valence-corrected chi connectivity index (χ4v) is 2.93. The number of rotatable bonds is 3. The van der Waals surface area contributed by atoms with Crippen LogP contribution in [-0.4, -0.2) is 54.8 Å². The molecule has 3 heterocycles. The lowest BCUT2D eigenvalue weighted by molar-refractivity contribution is -0.0457. The normalized spacial score (nSPS) is 26.4. The molecule has 0 aliphatic carbocycles. The van der Waals surface area contributed by atoms with Crippen molar-refractivity contribution in [3.05, 3.63) is 6.33 Å². The maximum absolute atomic E-state index is 9.87. The molecule has 2 aromatic rings. The molecule has 0 radical (unpaired) electrons. The smallest absolute Gasteiger partial charge is 0.172 e. The van der Waals surface area contributed by atoms with Crippen LogP contribution in [0.1, 0.15) is 12.6 Å². The van der Waals surface area contributed by atoms with Gasteiger partial charge in [-0.25, -0.2) is 15.0 Å². The highest BCUT2D eigenvalue weighted by Crippen LogP contribution is 2.35. The number of hydrogen-bond donors (Lipinski definition) is 3. The van der Waals surface area contributed by atoms with Gasteiger partial charge in [-0.2, -0.15) is 0 Å². The van der Waals surface area contributed by atoms with Crippen LogP contribution in [0.4, 0.5) is 5.82 Å². The molecule has 1 aliphatic heterocycles. The second kappa shape index (κ2) is 5.17. The third-order valence-electron chi connectivity index (χ3n) is 3.33. The van der Waals surface area contributed by atoms with E-state index in [1.165, 1.54) is 18.1 Å². The third kappa shape index (κ3) is 2.03. The molecule has 1 aliphatic rings. The van der Waals surface area contributed by atoms with Gasteiger partial charge in [0.25, 0.3) is 0 Å². The van der Waals surface area contributed by atoms with E-state index in [0.29, 0.717) is 28.6 Å². The molecular weight excluding hydrogens is 282 g/mol. The van der Waals surface area contributed by atoms with Crippen LogP contribution in [-0.2, 0) is 4.74 Å². The van der Waals surface area contributed by atoms with E-state index in [2.05, 4.69) is 15.0 Å². The number of nitrogens with two attached hydrogens (primary N) is 1. The summed E-state index contributed by atoms with van der Waals surface area (Å²) in [5, 5.41) is 19.7. The summed E-state index contributed by atoms with van der Waals surface area (Å²) >= 11 is 1.43. The van der Waals surface area contributed by atoms with Crippen molar-refractivity contribution in [1.29, 1.82) is 0 Å². The standard InChI is InChI=1S/C11H15N5O3S/c1-20-11-15-8-9(12)13-4-14-10(8)16(11)7-2-5(18)6(3-17)19-7/h4-7,17-18H,2-3H2,1H3,(H2,12,13,14)/t5?,6-,7-/m1/s1. The highest BCUT2D eigenvalue weighted by atomic mass is 32.2. The van der Waals surface area contributed by atoms with E-state index in [4.69, 9.17) is 10.5 Å². The number of aliphatic hydroxyl groups excluding tert-OH is 2. The van der Waals surface area contributed by atoms with Crippen LogP contribution in [0.3, 0.4) is 0 Å². The van der Waals surface area contributed by atoms with E-state index in [1.54, 1.807) is 4.57 Å². The zero-order valence-corrected chi connectivity index (χ0v) is 11.6. The number of ether oxygens (including phenoxy) is 1. The van der Waals surface area contributed by atoms with E-state index >= 15 is 0 Å². The molecule has 1 saturated heterocycles. The minimum absolute atomic E-state index is 0.226.